The van der Waals surface area contributed by atoms with Gasteiger partial charge in [-0.15, -0.1) is 0 Å². The van der Waals surface area contributed by atoms with Gasteiger partial charge in [0.2, 0.25) is 5.91 Å². The number of nitrogens with zero attached hydrogens (tertiary/aromatic N) is 3. The topological polar surface area (TPSA) is 89.5 Å². The molecule has 3 aromatic rings. The van der Waals surface area contributed by atoms with Gasteiger partial charge in [0, 0.05) is 37.5 Å². The number of carbonyl (C=O) groups is 2. The molecule has 1 N–H and O–H groups in total. The minimum Gasteiger partial charge on any atom is -0.465 e. The number of H-pyrrole nitrogens is 1. The van der Waals surface area contributed by atoms with Gasteiger partial charge in [-0.25, -0.2) is 4.68 Å². The first-order valence-corrected chi connectivity index (χ1v) is 19.1. The van der Waals surface area contributed by atoms with Crippen LogP contribution in [0.25, 0.3) is 22.3 Å². The summed E-state index contributed by atoms with van der Waals surface area (Å²) in [6.07, 6.45) is 8.33. The summed E-state index contributed by atoms with van der Waals surface area (Å²) >= 11 is 0. The van der Waals surface area contributed by atoms with E-state index in [1.54, 1.807) is 11.8 Å². The Morgan fingerprint density at radius 1 is 1.12 bits per heavy atom. The van der Waals surface area contributed by atoms with Crippen molar-refractivity contribution in [2.45, 2.75) is 104 Å². The third kappa shape index (κ3) is 5.63. The number of hydrogen-bond acceptors (Lipinski definition) is 5. The quantitative estimate of drug-likeness (QED) is 0.149. The second kappa shape index (κ2) is 11.8. The van der Waals surface area contributed by atoms with Crippen LogP contribution in [0.4, 0.5) is 5.69 Å². The lowest BCUT2D eigenvalue weighted by Crippen LogP contribution is -2.42. The van der Waals surface area contributed by atoms with Gasteiger partial charge in [-0.2, -0.15) is 5.10 Å². The van der Waals surface area contributed by atoms with Gasteiger partial charge >= 0.3 is 5.97 Å². The number of nitrogens with one attached hydrogen (secondary N) is 1. The van der Waals surface area contributed by atoms with Crippen LogP contribution in [0, 0.1) is 0 Å². The highest BCUT2D eigenvalue weighted by atomic mass is 28.3. The standard InChI is InChI=1S/C32H46N4O4Si/c1-7-13-32(14-8-2)25-18-26-24(17-27(25)36(31(32)38)20-28(37)40-9-3)23-12-10-11-22-19-35(34-29(22)30(23)33-26)21-39-15-16-41(4,5)6/h17-19,33H,7-16,20-21H2,1-6H3. The van der Waals surface area contributed by atoms with E-state index >= 15 is 0 Å². The molecule has 2 aromatic heterocycles. The van der Waals surface area contributed by atoms with E-state index in [1.165, 1.54) is 11.1 Å². The second-order valence-electron chi connectivity index (χ2n) is 12.9. The Balaban J connectivity index is 1.55. The molecule has 3 heterocycles. The Labute approximate surface area is 244 Å². The molecule has 5 rings (SSSR count). The van der Waals surface area contributed by atoms with Crippen LogP contribution in [0.15, 0.2) is 18.3 Å². The first-order chi connectivity index (χ1) is 19.6. The van der Waals surface area contributed by atoms with Crippen LogP contribution >= 0.6 is 0 Å². The highest BCUT2D eigenvalue weighted by molar-refractivity contribution is 6.76. The molecule has 0 radical (unpaired) electrons. The lowest BCUT2D eigenvalue weighted by molar-refractivity contribution is -0.142. The van der Waals surface area contributed by atoms with Crippen LogP contribution < -0.4 is 4.90 Å². The number of anilines is 1. The van der Waals surface area contributed by atoms with Crippen molar-refractivity contribution in [2.75, 3.05) is 24.7 Å². The Kier molecular flexibility index (Phi) is 8.48. The molecule has 41 heavy (non-hydrogen) atoms. The van der Waals surface area contributed by atoms with Gasteiger partial charge in [0.15, 0.2) is 0 Å². The van der Waals surface area contributed by atoms with Gasteiger partial charge in [0.05, 0.1) is 17.7 Å². The minimum absolute atomic E-state index is 0.0261. The number of amides is 1. The number of ether oxygens (including phenoxy) is 2. The molecule has 1 aromatic carbocycles. The molecule has 0 unspecified atom stereocenters. The lowest BCUT2D eigenvalue weighted by atomic mass is 9.74. The van der Waals surface area contributed by atoms with E-state index in [9.17, 15) is 9.59 Å². The zero-order valence-corrected chi connectivity index (χ0v) is 26.7. The Morgan fingerprint density at radius 2 is 1.88 bits per heavy atom. The molecule has 0 saturated carbocycles. The predicted octanol–water partition coefficient (Wildman–Crippen LogP) is 6.58. The van der Waals surface area contributed by atoms with E-state index in [1.807, 2.05) is 4.68 Å². The number of benzene rings is 1. The van der Waals surface area contributed by atoms with Crippen LogP contribution in [0.5, 0.6) is 0 Å². The van der Waals surface area contributed by atoms with Crippen molar-refractivity contribution in [1.29, 1.82) is 0 Å². The fraction of sp³-hybridized carbons (Fsp3) is 0.594. The SMILES string of the molecule is CCCC1(CCC)C(=O)N(CC(=O)OCC)c2cc3c4c([nH]c3cc21)-c1nn(COCC[Si](C)(C)C)cc1CCC4. The summed E-state index contributed by atoms with van der Waals surface area (Å²) in [5.74, 6) is -0.344. The van der Waals surface area contributed by atoms with E-state index < -0.39 is 13.5 Å². The molecule has 8 nitrogen and oxygen atoms in total. The fourth-order valence-electron chi connectivity index (χ4n) is 6.71. The van der Waals surface area contributed by atoms with Gasteiger partial charge in [-0.1, -0.05) is 46.3 Å². The molecule has 0 fully saturated rings. The van der Waals surface area contributed by atoms with Crippen molar-refractivity contribution in [3.05, 3.63) is 35.0 Å². The third-order valence-corrected chi connectivity index (χ3v) is 10.3. The molecule has 0 spiro atoms. The molecule has 2 aliphatic rings. The highest BCUT2D eigenvalue weighted by Gasteiger charge is 2.50. The normalized spacial score (nSPS) is 16.0. The summed E-state index contributed by atoms with van der Waals surface area (Å²) < 4.78 is 13.2. The Hall–Kier alpha value is -2.91. The molecule has 0 saturated heterocycles. The monoisotopic (exact) mass is 578 g/mol. The minimum atomic E-state index is -1.14. The van der Waals surface area contributed by atoms with Crippen LogP contribution in [-0.4, -0.2) is 54.5 Å². The smallest absolute Gasteiger partial charge is 0.326 e. The third-order valence-electron chi connectivity index (χ3n) is 8.60. The number of fused-ring (bicyclic) bond motifs is 6. The van der Waals surface area contributed by atoms with Crippen molar-refractivity contribution in [3.63, 3.8) is 0 Å². The van der Waals surface area contributed by atoms with Crippen molar-refractivity contribution < 1.29 is 19.1 Å². The van der Waals surface area contributed by atoms with E-state index in [2.05, 4.69) is 56.8 Å². The first kappa shape index (κ1) is 29.6. The van der Waals surface area contributed by atoms with Gasteiger partial charge in [0.1, 0.15) is 19.0 Å². The average molecular weight is 579 g/mol. The fourth-order valence-corrected chi connectivity index (χ4v) is 7.46. The van der Waals surface area contributed by atoms with E-state index in [0.29, 0.717) is 13.3 Å². The summed E-state index contributed by atoms with van der Waals surface area (Å²) in [6.45, 7) is 14.6. The molecule has 0 bridgehead atoms. The van der Waals surface area contributed by atoms with Gasteiger partial charge < -0.3 is 19.4 Å². The number of hydrogen-bond donors (Lipinski definition) is 1. The zero-order chi connectivity index (χ0) is 29.4. The first-order valence-electron chi connectivity index (χ1n) is 15.4. The van der Waals surface area contributed by atoms with Crippen LogP contribution in [0.3, 0.4) is 0 Å². The van der Waals surface area contributed by atoms with Crippen LogP contribution in [0.2, 0.25) is 25.7 Å². The number of aromatic amines is 1. The summed E-state index contributed by atoms with van der Waals surface area (Å²) in [7, 11) is -1.14. The van der Waals surface area contributed by atoms with Gasteiger partial charge in [-0.3, -0.25) is 9.59 Å². The van der Waals surface area contributed by atoms with Crippen molar-refractivity contribution in [2.24, 2.45) is 0 Å². The largest absolute Gasteiger partial charge is 0.465 e. The maximum atomic E-state index is 14.1. The molecule has 9 heteroatoms. The molecular formula is C32H46N4O4Si. The average Bonchev–Trinajstić information content (AvgIpc) is 3.50. The second-order valence-corrected chi connectivity index (χ2v) is 18.5. The molecule has 222 valence electrons. The highest BCUT2D eigenvalue weighted by Crippen LogP contribution is 2.50. The summed E-state index contributed by atoms with van der Waals surface area (Å²) in [4.78, 5) is 32.1. The maximum Gasteiger partial charge on any atom is 0.326 e. The Morgan fingerprint density at radius 3 is 2.56 bits per heavy atom. The summed E-state index contributed by atoms with van der Waals surface area (Å²) in [5.41, 5.74) is 6.82. The van der Waals surface area contributed by atoms with Gasteiger partial charge in [-0.05, 0) is 73.9 Å². The zero-order valence-electron chi connectivity index (χ0n) is 25.7. The van der Waals surface area contributed by atoms with Crippen molar-refractivity contribution in [3.8, 4) is 11.4 Å². The van der Waals surface area contributed by atoms with Crippen molar-refractivity contribution >= 4 is 36.5 Å². The molecule has 1 aliphatic carbocycles. The van der Waals surface area contributed by atoms with E-state index in [4.69, 9.17) is 14.6 Å². The lowest BCUT2D eigenvalue weighted by Gasteiger charge is -2.28. The molecule has 1 aliphatic heterocycles. The molecule has 0 atom stereocenters. The predicted molar refractivity (Wildman–Crippen MR) is 166 cm³/mol. The number of carbonyl (C=O) groups excluding carboxylic acids is 2. The molecular weight excluding hydrogens is 532 g/mol. The molecule has 1 amide bonds. The Bertz CT molecular complexity index is 1430. The summed E-state index contributed by atoms with van der Waals surface area (Å²) in [6, 6.07) is 5.47. The van der Waals surface area contributed by atoms with Gasteiger partial charge in [0.25, 0.3) is 0 Å². The van der Waals surface area contributed by atoms with E-state index in [-0.39, 0.29) is 18.4 Å². The number of aryl methyl sites for hydroxylation is 2. The summed E-state index contributed by atoms with van der Waals surface area (Å²) in [5, 5.41) is 6.09. The van der Waals surface area contributed by atoms with Crippen LogP contribution in [-0.2, 0) is 44.1 Å². The maximum absolute atomic E-state index is 14.1. The van der Waals surface area contributed by atoms with Crippen LogP contribution in [0.1, 0.15) is 69.6 Å². The number of rotatable bonds is 12. The number of esters is 1. The van der Waals surface area contributed by atoms with E-state index in [0.717, 1.165) is 91.1 Å². The van der Waals surface area contributed by atoms with Crippen molar-refractivity contribution in [1.82, 2.24) is 14.8 Å². The number of aromatic nitrogens is 3.